The Hall–Kier alpha value is -8.86. The molecule has 3 aromatic heterocycles. The van der Waals surface area contributed by atoms with E-state index in [1.165, 1.54) is 17.2 Å². The first-order chi connectivity index (χ1) is 36.7. The molecule has 11 rings (SSSR count). The van der Waals surface area contributed by atoms with Crippen molar-refractivity contribution in [1.82, 2.24) is 15.0 Å². The van der Waals surface area contributed by atoms with Crippen LogP contribution < -0.4 is 0 Å². The van der Waals surface area contributed by atoms with Crippen molar-refractivity contribution in [1.29, 1.82) is 0 Å². The maximum atomic E-state index is 14.2. The number of benzene rings is 8. The van der Waals surface area contributed by atoms with Crippen molar-refractivity contribution in [3.05, 3.63) is 259 Å². The van der Waals surface area contributed by atoms with E-state index in [1.807, 2.05) is 24.7 Å². The van der Waals surface area contributed by atoms with Crippen LogP contribution in [0.5, 0.6) is 0 Å². The van der Waals surface area contributed by atoms with Gasteiger partial charge in [0.25, 0.3) is 0 Å². The number of aromatic nitrogens is 3. The smallest absolute Gasteiger partial charge is 0.123 e. The van der Waals surface area contributed by atoms with Crippen LogP contribution in [0.15, 0.2) is 237 Å². The van der Waals surface area contributed by atoms with Gasteiger partial charge in [-0.05, 0) is 167 Å². The lowest BCUT2D eigenvalue weighted by Gasteiger charge is -2.19. The number of halogens is 1. The standard InChI is InChI=1S/C72H60FN3/c1-47-39-68(76-46-67(47)54-15-14-16-60(73)43-54)51-29-23-48(24-30-51)61-17-8-11-20-64(61)55-40-56(65-21-12-9-18-62(65)49-25-31-52(32-26-49)69-44-58(35-37-74-69)71(2,3)4)42-57(41-55)66-22-13-10-19-63(66)50-27-33-53(34-28-50)70-45-59(36-38-75-70)72(5,6)7/h8-46H,1-7H3. The average molecular weight is 986 g/mol. The van der Waals surface area contributed by atoms with Crippen LogP contribution in [-0.4, -0.2) is 15.0 Å². The Bertz CT molecular complexity index is 3730. The first-order valence-electron chi connectivity index (χ1n) is 26.1. The van der Waals surface area contributed by atoms with E-state index in [9.17, 15) is 4.39 Å². The second kappa shape index (κ2) is 20.5. The lowest BCUT2D eigenvalue weighted by molar-refractivity contribution is 0.589. The van der Waals surface area contributed by atoms with Gasteiger partial charge >= 0.3 is 0 Å². The molecular formula is C72H60FN3. The van der Waals surface area contributed by atoms with Crippen molar-refractivity contribution in [2.75, 3.05) is 0 Å². The molecule has 0 radical (unpaired) electrons. The Balaban J connectivity index is 1.01. The van der Waals surface area contributed by atoms with Gasteiger partial charge in [0.1, 0.15) is 5.82 Å². The summed E-state index contributed by atoms with van der Waals surface area (Å²) < 4.78 is 14.2. The molecule has 4 heteroatoms. The Morgan fingerprint density at radius 3 is 0.974 bits per heavy atom. The van der Waals surface area contributed by atoms with Gasteiger partial charge < -0.3 is 0 Å². The monoisotopic (exact) mass is 985 g/mol. The van der Waals surface area contributed by atoms with E-state index in [0.29, 0.717) is 0 Å². The van der Waals surface area contributed by atoms with Gasteiger partial charge in [0.2, 0.25) is 0 Å². The predicted molar refractivity (Wildman–Crippen MR) is 316 cm³/mol. The molecule has 0 aliphatic heterocycles. The highest BCUT2D eigenvalue weighted by molar-refractivity contribution is 5.94. The second-order valence-electron chi connectivity index (χ2n) is 21.9. The van der Waals surface area contributed by atoms with Crippen molar-refractivity contribution < 1.29 is 4.39 Å². The predicted octanol–water partition coefficient (Wildman–Crippen LogP) is 19.6. The number of pyridine rings is 3. The van der Waals surface area contributed by atoms with Crippen molar-refractivity contribution in [2.45, 2.75) is 59.3 Å². The zero-order valence-electron chi connectivity index (χ0n) is 44.2. The lowest BCUT2D eigenvalue weighted by Crippen LogP contribution is -2.11. The zero-order chi connectivity index (χ0) is 52.6. The van der Waals surface area contributed by atoms with E-state index in [1.54, 1.807) is 12.1 Å². The molecule has 76 heavy (non-hydrogen) atoms. The van der Waals surface area contributed by atoms with Gasteiger partial charge in [-0.15, -0.1) is 0 Å². The Kier molecular flexibility index (Phi) is 13.3. The minimum atomic E-state index is -0.259. The van der Waals surface area contributed by atoms with E-state index in [-0.39, 0.29) is 16.6 Å². The topological polar surface area (TPSA) is 38.7 Å². The van der Waals surface area contributed by atoms with Crippen molar-refractivity contribution in [3.63, 3.8) is 0 Å². The summed E-state index contributed by atoms with van der Waals surface area (Å²) in [5.74, 6) is -0.259. The van der Waals surface area contributed by atoms with E-state index in [2.05, 4.69) is 243 Å². The van der Waals surface area contributed by atoms with Crippen LogP contribution in [-0.2, 0) is 10.8 Å². The molecule has 0 aliphatic rings. The van der Waals surface area contributed by atoms with Gasteiger partial charge in [0.05, 0.1) is 17.1 Å². The van der Waals surface area contributed by atoms with Crippen molar-refractivity contribution >= 4 is 0 Å². The molecule has 0 N–H and O–H groups in total. The summed E-state index contributed by atoms with van der Waals surface area (Å²) >= 11 is 0. The molecule has 0 saturated heterocycles. The van der Waals surface area contributed by atoms with Crippen LogP contribution in [0, 0.1) is 12.7 Å². The van der Waals surface area contributed by atoms with Crippen LogP contribution in [0.1, 0.15) is 58.2 Å². The Labute approximate surface area is 447 Å². The third-order valence-electron chi connectivity index (χ3n) is 14.6. The second-order valence-corrected chi connectivity index (χ2v) is 21.9. The van der Waals surface area contributed by atoms with E-state index in [4.69, 9.17) is 15.0 Å². The lowest BCUT2D eigenvalue weighted by atomic mass is 9.85. The molecule has 3 nitrogen and oxygen atoms in total. The number of hydrogen-bond acceptors (Lipinski definition) is 3. The van der Waals surface area contributed by atoms with Crippen LogP contribution in [0.25, 0.3) is 112 Å². The molecule has 0 aliphatic carbocycles. The van der Waals surface area contributed by atoms with Gasteiger partial charge in [-0.25, -0.2) is 4.39 Å². The van der Waals surface area contributed by atoms with E-state index >= 15 is 0 Å². The molecule has 11 aromatic rings. The third kappa shape index (κ3) is 10.3. The number of hydrogen-bond donors (Lipinski definition) is 0. The van der Waals surface area contributed by atoms with E-state index in [0.717, 1.165) is 117 Å². The fourth-order valence-corrected chi connectivity index (χ4v) is 10.3. The minimum Gasteiger partial charge on any atom is -0.256 e. The van der Waals surface area contributed by atoms with Crippen LogP contribution >= 0.6 is 0 Å². The average Bonchev–Trinajstić information content (AvgIpc) is 3.47. The van der Waals surface area contributed by atoms with Crippen LogP contribution in [0.3, 0.4) is 0 Å². The van der Waals surface area contributed by atoms with Crippen molar-refractivity contribution in [3.8, 4) is 112 Å². The number of nitrogens with zero attached hydrogens (tertiary/aromatic N) is 3. The fraction of sp³-hybridized carbons (Fsp3) is 0.125. The first-order valence-corrected chi connectivity index (χ1v) is 26.1. The molecule has 0 atom stereocenters. The molecule has 8 aromatic carbocycles. The maximum Gasteiger partial charge on any atom is 0.123 e. The summed E-state index contributed by atoms with van der Waals surface area (Å²) in [6.45, 7) is 15.5. The summed E-state index contributed by atoms with van der Waals surface area (Å²) in [4.78, 5) is 14.4. The number of rotatable bonds is 10. The summed E-state index contributed by atoms with van der Waals surface area (Å²) in [5.41, 5.74) is 24.9. The zero-order valence-corrected chi connectivity index (χ0v) is 44.2. The van der Waals surface area contributed by atoms with Crippen molar-refractivity contribution in [2.24, 2.45) is 0 Å². The Morgan fingerprint density at radius 1 is 0.289 bits per heavy atom. The Morgan fingerprint density at radius 2 is 0.632 bits per heavy atom. The number of aryl methyl sites for hydroxylation is 1. The van der Waals surface area contributed by atoms with Gasteiger partial charge in [0, 0.05) is 40.8 Å². The van der Waals surface area contributed by atoms with Gasteiger partial charge in [-0.3, -0.25) is 15.0 Å². The molecule has 0 saturated carbocycles. The fourth-order valence-electron chi connectivity index (χ4n) is 10.3. The maximum absolute atomic E-state index is 14.2. The van der Waals surface area contributed by atoms with Gasteiger partial charge in [0.15, 0.2) is 0 Å². The molecule has 3 heterocycles. The molecular weight excluding hydrogens is 926 g/mol. The molecule has 0 fully saturated rings. The third-order valence-corrected chi connectivity index (χ3v) is 14.6. The summed E-state index contributed by atoms with van der Waals surface area (Å²) in [6, 6.07) is 77.1. The summed E-state index contributed by atoms with van der Waals surface area (Å²) in [6.07, 6.45) is 5.69. The molecule has 0 unspecified atom stereocenters. The first kappa shape index (κ1) is 49.4. The molecule has 0 bridgehead atoms. The van der Waals surface area contributed by atoms with E-state index < -0.39 is 0 Å². The highest BCUT2D eigenvalue weighted by Gasteiger charge is 2.19. The summed E-state index contributed by atoms with van der Waals surface area (Å²) in [5, 5.41) is 0. The quantitative estimate of drug-likeness (QED) is 0.137. The molecule has 0 amide bonds. The van der Waals surface area contributed by atoms with Gasteiger partial charge in [-0.2, -0.15) is 0 Å². The highest BCUT2D eigenvalue weighted by Crippen LogP contribution is 2.43. The molecule has 370 valence electrons. The SMILES string of the molecule is Cc1cc(-c2ccc(-c3ccccc3-c3cc(-c4ccccc4-c4ccc(-c5cc(C(C)(C)C)ccn5)cc4)cc(-c4ccccc4-c4ccc(-c5cc(C(C)(C)C)ccn5)cc4)c3)cc2)ncc1-c1cccc(F)c1. The minimum absolute atomic E-state index is 0.0236. The van der Waals surface area contributed by atoms with Crippen LogP contribution in [0.2, 0.25) is 0 Å². The molecule has 0 spiro atoms. The largest absolute Gasteiger partial charge is 0.256 e. The normalized spacial score (nSPS) is 11.7. The van der Waals surface area contributed by atoms with Crippen LogP contribution in [0.4, 0.5) is 4.39 Å². The van der Waals surface area contributed by atoms with Gasteiger partial charge in [-0.1, -0.05) is 199 Å². The highest BCUT2D eigenvalue weighted by atomic mass is 19.1. The summed E-state index contributed by atoms with van der Waals surface area (Å²) in [7, 11) is 0.